The second kappa shape index (κ2) is 10.5. The zero-order valence-corrected chi connectivity index (χ0v) is 20.8. The zero-order valence-electron chi connectivity index (χ0n) is 18.6. The Kier molecular flexibility index (Phi) is 7.45. The van der Waals surface area contributed by atoms with Crippen LogP contribution in [0, 0.1) is 0 Å². The van der Waals surface area contributed by atoms with Crippen LogP contribution in [-0.4, -0.2) is 17.7 Å². The van der Waals surface area contributed by atoms with E-state index in [1.165, 1.54) is 0 Å². The van der Waals surface area contributed by atoms with E-state index in [0.717, 1.165) is 16.0 Å². The van der Waals surface area contributed by atoms with Gasteiger partial charge in [-0.15, -0.1) is 0 Å². The number of benzene rings is 3. The Balaban J connectivity index is 1.44. The lowest BCUT2D eigenvalue weighted by Gasteiger charge is -2.18. The van der Waals surface area contributed by atoms with Gasteiger partial charge in [0.1, 0.15) is 10.7 Å². The van der Waals surface area contributed by atoms with E-state index in [0.29, 0.717) is 33.4 Å². The summed E-state index contributed by atoms with van der Waals surface area (Å²) in [5.74, 6) is -1.42. The van der Waals surface area contributed by atoms with Crippen molar-refractivity contribution in [1.82, 2.24) is 5.32 Å². The highest BCUT2D eigenvalue weighted by Gasteiger charge is 2.39. The van der Waals surface area contributed by atoms with Crippen LogP contribution in [0.2, 0.25) is 10.0 Å². The van der Waals surface area contributed by atoms with Gasteiger partial charge in [0.25, 0.3) is 17.7 Å². The minimum atomic E-state index is -0.586. The maximum Gasteiger partial charge on any atom is 0.283 e. The number of carbonyl (C=O) groups is 3. The molecule has 4 rings (SSSR count). The number of aryl methyl sites for hydroxylation is 1. The molecule has 0 unspecified atom stereocenters. The van der Waals surface area contributed by atoms with Crippen molar-refractivity contribution in [2.75, 3.05) is 10.2 Å². The van der Waals surface area contributed by atoms with Gasteiger partial charge in [0, 0.05) is 27.8 Å². The average molecular weight is 529 g/mol. The molecular formula is C26H20Cl3N3O3. The van der Waals surface area contributed by atoms with Crippen LogP contribution >= 0.6 is 34.8 Å². The molecule has 0 fully saturated rings. The summed E-state index contributed by atoms with van der Waals surface area (Å²) >= 11 is 18.3. The molecule has 0 aliphatic carbocycles. The summed E-state index contributed by atoms with van der Waals surface area (Å²) in [6.07, 6.45) is 0.654. The summed E-state index contributed by atoms with van der Waals surface area (Å²) in [7, 11) is 0. The molecule has 0 atom stereocenters. The third-order valence-electron chi connectivity index (χ3n) is 5.51. The van der Waals surface area contributed by atoms with Gasteiger partial charge in [0.15, 0.2) is 0 Å². The zero-order chi connectivity index (χ0) is 25.1. The van der Waals surface area contributed by atoms with Crippen molar-refractivity contribution in [1.29, 1.82) is 0 Å². The topological polar surface area (TPSA) is 78.5 Å². The lowest BCUT2D eigenvalue weighted by molar-refractivity contribution is -0.120. The largest absolute Gasteiger partial charge is 0.350 e. The van der Waals surface area contributed by atoms with Crippen molar-refractivity contribution in [3.8, 4) is 0 Å². The van der Waals surface area contributed by atoms with Crippen LogP contribution in [0.5, 0.6) is 0 Å². The lowest BCUT2D eigenvalue weighted by atomic mass is 10.1. The minimum Gasteiger partial charge on any atom is -0.350 e. The minimum absolute atomic E-state index is 0.0165. The third kappa shape index (κ3) is 5.20. The van der Waals surface area contributed by atoms with Crippen LogP contribution in [0.25, 0.3) is 0 Å². The number of nitrogens with zero attached hydrogens (tertiary/aromatic N) is 1. The molecule has 3 aromatic rings. The summed E-state index contributed by atoms with van der Waals surface area (Å²) in [4.78, 5) is 39.4. The van der Waals surface area contributed by atoms with Gasteiger partial charge in [-0.25, -0.2) is 4.90 Å². The van der Waals surface area contributed by atoms with Gasteiger partial charge in [-0.2, -0.15) is 0 Å². The molecule has 0 spiro atoms. The quantitative estimate of drug-likeness (QED) is 0.373. The van der Waals surface area contributed by atoms with Gasteiger partial charge in [0.05, 0.1) is 5.69 Å². The first kappa shape index (κ1) is 24.8. The highest BCUT2D eigenvalue weighted by molar-refractivity contribution is 6.53. The van der Waals surface area contributed by atoms with Crippen LogP contribution in [0.1, 0.15) is 28.4 Å². The highest BCUT2D eigenvalue weighted by Crippen LogP contribution is 2.32. The van der Waals surface area contributed by atoms with E-state index < -0.39 is 11.8 Å². The lowest BCUT2D eigenvalue weighted by Crippen LogP contribution is -2.33. The van der Waals surface area contributed by atoms with Gasteiger partial charge >= 0.3 is 0 Å². The normalized spacial score (nSPS) is 13.4. The van der Waals surface area contributed by atoms with Crippen molar-refractivity contribution >= 4 is 63.9 Å². The van der Waals surface area contributed by atoms with E-state index in [4.69, 9.17) is 34.8 Å². The smallest absolute Gasteiger partial charge is 0.283 e. The summed E-state index contributed by atoms with van der Waals surface area (Å²) in [6.45, 7) is 2.18. The van der Waals surface area contributed by atoms with E-state index >= 15 is 0 Å². The monoisotopic (exact) mass is 527 g/mol. The number of anilines is 2. The maximum atomic E-state index is 13.1. The second-order valence-electron chi connectivity index (χ2n) is 7.74. The van der Waals surface area contributed by atoms with Gasteiger partial charge in [-0.3, -0.25) is 14.4 Å². The SMILES string of the molecule is CCc1ccccc1N1C(=O)C(Cl)=C(Nc2ccc(C(=O)NCc3ccc(Cl)cc3Cl)cc2)C1=O. The van der Waals surface area contributed by atoms with E-state index in [2.05, 4.69) is 10.6 Å². The molecule has 0 bridgehead atoms. The first-order valence-electron chi connectivity index (χ1n) is 10.8. The van der Waals surface area contributed by atoms with Gasteiger partial charge < -0.3 is 10.6 Å². The number of carbonyl (C=O) groups excluding carboxylic acids is 3. The predicted molar refractivity (Wildman–Crippen MR) is 139 cm³/mol. The van der Waals surface area contributed by atoms with Crippen LogP contribution in [0.4, 0.5) is 11.4 Å². The maximum absolute atomic E-state index is 13.1. The molecule has 1 aliphatic heterocycles. The van der Waals surface area contributed by atoms with Crippen LogP contribution in [0.15, 0.2) is 77.5 Å². The molecule has 2 N–H and O–H groups in total. The first-order valence-corrected chi connectivity index (χ1v) is 11.9. The molecule has 178 valence electrons. The number of imide groups is 1. The molecule has 3 aromatic carbocycles. The Bertz CT molecular complexity index is 1350. The molecule has 3 amide bonds. The number of nitrogens with one attached hydrogen (secondary N) is 2. The molecule has 35 heavy (non-hydrogen) atoms. The molecule has 1 aliphatic rings. The predicted octanol–water partition coefficient (Wildman–Crippen LogP) is 5.92. The standard InChI is InChI=1S/C26H20Cl3N3O3/c1-2-15-5-3-4-6-21(15)32-25(34)22(29)23(26(32)35)31-19-11-8-16(9-12-19)24(33)30-14-17-7-10-18(27)13-20(17)28/h3-13,31H,2,14H2,1H3,(H,30,33). The summed E-state index contributed by atoms with van der Waals surface area (Å²) < 4.78 is 0. The fourth-order valence-corrected chi connectivity index (χ4v) is 4.34. The number of para-hydroxylation sites is 1. The van der Waals surface area contributed by atoms with E-state index in [1.54, 1.807) is 54.6 Å². The fourth-order valence-electron chi connectivity index (χ4n) is 3.65. The summed E-state index contributed by atoms with van der Waals surface area (Å²) in [5.41, 5.74) is 3.00. The van der Waals surface area contributed by atoms with Gasteiger partial charge in [-0.05, 0) is 60.0 Å². The molecule has 6 nitrogen and oxygen atoms in total. The van der Waals surface area contributed by atoms with E-state index in [1.807, 2.05) is 19.1 Å². The van der Waals surface area contributed by atoms with Crippen molar-refractivity contribution in [3.05, 3.63) is 104 Å². The van der Waals surface area contributed by atoms with Crippen LogP contribution in [-0.2, 0) is 22.6 Å². The number of halogens is 3. The Hall–Kier alpha value is -3.32. The van der Waals surface area contributed by atoms with Gasteiger partial charge in [-0.1, -0.05) is 66.0 Å². The Morgan fingerprint density at radius 2 is 1.60 bits per heavy atom. The molecular weight excluding hydrogens is 509 g/mol. The van der Waals surface area contributed by atoms with E-state index in [9.17, 15) is 14.4 Å². The molecule has 0 saturated carbocycles. The number of hydrogen-bond donors (Lipinski definition) is 2. The molecule has 9 heteroatoms. The van der Waals surface area contributed by atoms with Crippen molar-refractivity contribution < 1.29 is 14.4 Å². The molecule has 0 aromatic heterocycles. The van der Waals surface area contributed by atoms with E-state index in [-0.39, 0.29) is 23.2 Å². The fraction of sp³-hybridized carbons (Fsp3) is 0.115. The van der Waals surface area contributed by atoms with Crippen LogP contribution in [0.3, 0.4) is 0 Å². The van der Waals surface area contributed by atoms with Crippen LogP contribution < -0.4 is 15.5 Å². The highest BCUT2D eigenvalue weighted by atomic mass is 35.5. The average Bonchev–Trinajstić information content (AvgIpc) is 3.06. The summed E-state index contributed by atoms with van der Waals surface area (Å²) in [5, 5.41) is 6.51. The third-order valence-corrected chi connectivity index (χ3v) is 6.45. The Morgan fingerprint density at radius 3 is 2.29 bits per heavy atom. The van der Waals surface area contributed by atoms with Gasteiger partial charge in [0.2, 0.25) is 0 Å². The summed E-state index contributed by atoms with van der Waals surface area (Å²) in [6, 6.07) is 18.7. The first-order chi connectivity index (χ1) is 16.8. The molecule has 1 heterocycles. The second-order valence-corrected chi connectivity index (χ2v) is 8.96. The molecule has 0 saturated heterocycles. The Labute approximate surface area is 217 Å². The number of rotatable bonds is 7. The number of hydrogen-bond acceptors (Lipinski definition) is 4. The Morgan fingerprint density at radius 1 is 0.886 bits per heavy atom. The number of amides is 3. The van der Waals surface area contributed by atoms with Crippen molar-refractivity contribution in [3.63, 3.8) is 0 Å². The molecule has 0 radical (unpaired) electrons. The van der Waals surface area contributed by atoms with Crippen molar-refractivity contribution in [2.45, 2.75) is 19.9 Å². The van der Waals surface area contributed by atoms with Crippen molar-refractivity contribution in [2.24, 2.45) is 0 Å².